The Bertz CT molecular complexity index is 783. The SMILES string of the molecule is CN=C(NCCCc1cnn(C)c1)NCc1ccc(C)cc1OC1CCCC1.I. The Morgan fingerprint density at radius 3 is 2.76 bits per heavy atom. The summed E-state index contributed by atoms with van der Waals surface area (Å²) in [6.45, 7) is 3.68. The lowest BCUT2D eigenvalue weighted by Crippen LogP contribution is -2.37. The maximum Gasteiger partial charge on any atom is 0.191 e. The van der Waals surface area contributed by atoms with Crippen LogP contribution in [0, 0.1) is 6.92 Å². The quantitative estimate of drug-likeness (QED) is 0.244. The molecule has 0 bridgehead atoms. The van der Waals surface area contributed by atoms with E-state index in [0.717, 1.165) is 31.1 Å². The second kappa shape index (κ2) is 12.0. The molecule has 1 saturated carbocycles. The molecule has 1 aliphatic carbocycles. The second-order valence-electron chi connectivity index (χ2n) is 7.61. The summed E-state index contributed by atoms with van der Waals surface area (Å²) in [4.78, 5) is 4.34. The van der Waals surface area contributed by atoms with Gasteiger partial charge in [-0.1, -0.05) is 12.1 Å². The lowest BCUT2D eigenvalue weighted by atomic mass is 10.1. The number of ether oxygens (including phenoxy) is 1. The minimum absolute atomic E-state index is 0. The van der Waals surface area contributed by atoms with Gasteiger partial charge in [0.25, 0.3) is 0 Å². The molecule has 0 saturated heterocycles. The molecule has 0 amide bonds. The first-order chi connectivity index (χ1) is 13.6. The van der Waals surface area contributed by atoms with Gasteiger partial charge < -0.3 is 15.4 Å². The van der Waals surface area contributed by atoms with E-state index in [4.69, 9.17) is 4.74 Å². The highest BCUT2D eigenvalue weighted by molar-refractivity contribution is 14.0. The van der Waals surface area contributed by atoms with Crippen molar-refractivity contribution in [2.45, 2.75) is 58.1 Å². The smallest absolute Gasteiger partial charge is 0.191 e. The summed E-state index contributed by atoms with van der Waals surface area (Å²) in [5, 5.41) is 11.0. The van der Waals surface area contributed by atoms with Crippen LogP contribution in [0.1, 0.15) is 48.8 Å². The largest absolute Gasteiger partial charge is 0.490 e. The van der Waals surface area contributed by atoms with Gasteiger partial charge in [-0.15, -0.1) is 24.0 Å². The van der Waals surface area contributed by atoms with Crippen molar-refractivity contribution in [3.8, 4) is 5.75 Å². The van der Waals surface area contributed by atoms with E-state index in [1.54, 1.807) is 0 Å². The van der Waals surface area contributed by atoms with Crippen LogP contribution in [0.4, 0.5) is 0 Å². The van der Waals surface area contributed by atoms with Gasteiger partial charge in [-0.3, -0.25) is 9.67 Å². The number of hydrogen-bond donors (Lipinski definition) is 2. The first-order valence-electron chi connectivity index (χ1n) is 10.3. The van der Waals surface area contributed by atoms with Crippen LogP contribution >= 0.6 is 24.0 Å². The van der Waals surface area contributed by atoms with Crippen LogP contribution in [-0.2, 0) is 20.0 Å². The maximum atomic E-state index is 6.29. The maximum absolute atomic E-state index is 6.29. The third-order valence-corrected chi connectivity index (χ3v) is 5.18. The first-order valence-corrected chi connectivity index (χ1v) is 10.3. The number of hydrogen-bond acceptors (Lipinski definition) is 3. The number of aromatic nitrogens is 2. The summed E-state index contributed by atoms with van der Waals surface area (Å²) in [5.41, 5.74) is 3.67. The molecule has 0 spiro atoms. The monoisotopic (exact) mass is 511 g/mol. The van der Waals surface area contributed by atoms with Crippen molar-refractivity contribution in [3.05, 3.63) is 47.3 Å². The van der Waals surface area contributed by atoms with Gasteiger partial charge in [0.2, 0.25) is 0 Å². The predicted molar refractivity (Wildman–Crippen MR) is 129 cm³/mol. The Morgan fingerprint density at radius 2 is 2.07 bits per heavy atom. The Morgan fingerprint density at radius 1 is 1.28 bits per heavy atom. The van der Waals surface area contributed by atoms with E-state index in [-0.39, 0.29) is 24.0 Å². The fraction of sp³-hybridized carbons (Fsp3) is 0.545. The molecule has 1 fully saturated rings. The van der Waals surface area contributed by atoms with Gasteiger partial charge in [0.1, 0.15) is 5.75 Å². The number of nitrogens with one attached hydrogen (secondary N) is 2. The number of guanidine groups is 1. The molecule has 2 aromatic rings. The Kier molecular flexibility index (Phi) is 9.76. The molecular weight excluding hydrogens is 477 g/mol. The highest BCUT2D eigenvalue weighted by Gasteiger charge is 2.18. The van der Waals surface area contributed by atoms with Crippen LogP contribution in [0.3, 0.4) is 0 Å². The van der Waals surface area contributed by atoms with Crippen LogP contribution in [-0.4, -0.2) is 35.4 Å². The zero-order chi connectivity index (χ0) is 19.8. The summed E-state index contributed by atoms with van der Waals surface area (Å²) in [6, 6.07) is 6.45. The average Bonchev–Trinajstić information content (AvgIpc) is 3.34. The van der Waals surface area contributed by atoms with Gasteiger partial charge in [0.05, 0.1) is 12.3 Å². The molecule has 7 heteroatoms. The standard InChI is InChI=1S/C22H33N5O.HI/c1-17-10-11-19(21(13-17)28-20-8-4-5-9-20)15-25-22(23-2)24-12-6-7-18-14-26-27(3)16-18;/h10-11,13-14,16,20H,4-9,12,15H2,1-3H3,(H2,23,24,25);1H. The molecule has 0 atom stereocenters. The fourth-order valence-corrected chi connectivity index (χ4v) is 3.60. The fourth-order valence-electron chi connectivity index (χ4n) is 3.60. The van der Waals surface area contributed by atoms with Gasteiger partial charge in [-0.05, 0) is 62.6 Å². The highest BCUT2D eigenvalue weighted by atomic mass is 127. The zero-order valence-corrected chi connectivity index (χ0v) is 20.1. The van der Waals surface area contributed by atoms with Crippen LogP contribution in [0.2, 0.25) is 0 Å². The molecule has 3 rings (SSSR count). The average molecular weight is 511 g/mol. The molecule has 0 aliphatic heterocycles. The molecule has 1 aromatic heterocycles. The third-order valence-electron chi connectivity index (χ3n) is 5.18. The van der Waals surface area contributed by atoms with Crippen molar-refractivity contribution < 1.29 is 4.74 Å². The summed E-state index contributed by atoms with van der Waals surface area (Å²) in [7, 11) is 3.75. The normalized spacial score (nSPS) is 14.5. The molecule has 0 radical (unpaired) electrons. The molecule has 6 nitrogen and oxygen atoms in total. The molecule has 29 heavy (non-hydrogen) atoms. The number of rotatable bonds is 8. The predicted octanol–water partition coefficient (Wildman–Crippen LogP) is 3.97. The summed E-state index contributed by atoms with van der Waals surface area (Å²) in [6.07, 6.45) is 11.3. The second-order valence-corrected chi connectivity index (χ2v) is 7.61. The molecule has 1 heterocycles. The topological polar surface area (TPSA) is 63.5 Å². The van der Waals surface area contributed by atoms with Crippen molar-refractivity contribution >= 4 is 29.9 Å². The van der Waals surface area contributed by atoms with E-state index in [9.17, 15) is 0 Å². The van der Waals surface area contributed by atoms with Crippen molar-refractivity contribution in [1.29, 1.82) is 0 Å². The highest BCUT2D eigenvalue weighted by Crippen LogP contribution is 2.27. The van der Waals surface area contributed by atoms with Crippen molar-refractivity contribution in [1.82, 2.24) is 20.4 Å². The Hall–Kier alpha value is -1.77. The van der Waals surface area contributed by atoms with Gasteiger partial charge in [-0.2, -0.15) is 5.10 Å². The summed E-state index contributed by atoms with van der Waals surface area (Å²) in [5.74, 6) is 1.82. The van der Waals surface area contributed by atoms with E-state index in [0.29, 0.717) is 12.6 Å². The van der Waals surface area contributed by atoms with E-state index >= 15 is 0 Å². The lowest BCUT2D eigenvalue weighted by Gasteiger charge is -2.18. The Labute approximate surface area is 191 Å². The lowest BCUT2D eigenvalue weighted by molar-refractivity contribution is 0.207. The van der Waals surface area contributed by atoms with Crippen LogP contribution in [0.5, 0.6) is 5.75 Å². The summed E-state index contributed by atoms with van der Waals surface area (Å²) >= 11 is 0. The number of halogens is 1. The molecule has 160 valence electrons. The zero-order valence-electron chi connectivity index (χ0n) is 17.8. The number of aryl methyl sites for hydroxylation is 3. The van der Waals surface area contributed by atoms with E-state index in [1.807, 2.05) is 25.0 Å². The Balaban J connectivity index is 0.00000300. The molecule has 2 N–H and O–H groups in total. The van der Waals surface area contributed by atoms with E-state index in [2.05, 4.69) is 52.0 Å². The van der Waals surface area contributed by atoms with Gasteiger partial charge in [0.15, 0.2) is 5.96 Å². The van der Waals surface area contributed by atoms with Crippen molar-refractivity contribution in [2.24, 2.45) is 12.0 Å². The van der Waals surface area contributed by atoms with Gasteiger partial charge in [0, 0.05) is 38.9 Å². The summed E-state index contributed by atoms with van der Waals surface area (Å²) < 4.78 is 8.14. The van der Waals surface area contributed by atoms with E-state index in [1.165, 1.54) is 42.4 Å². The molecule has 1 aliphatic rings. The van der Waals surface area contributed by atoms with Crippen molar-refractivity contribution in [3.63, 3.8) is 0 Å². The molecule has 0 unspecified atom stereocenters. The third kappa shape index (κ3) is 7.53. The number of benzene rings is 1. The number of aliphatic imine (C=N–C) groups is 1. The van der Waals surface area contributed by atoms with Gasteiger partial charge in [-0.25, -0.2) is 0 Å². The van der Waals surface area contributed by atoms with Crippen LogP contribution in [0.25, 0.3) is 0 Å². The molecule has 1 aromatic carbocycles. The van der Waals surface area contributed by atoms with E-state index < -0.39 is 0 Å². The van der Waals surface area contributed by atoms with Gasteiger partial charge >= 0.3 is 0 Å². The molecular formula is C22H34IN5O. The van der Waals surface area contributed by atoms with Crippen LogP contribution < -0.4 is 15.4 Å². The minimum atomic E-state index is 0. The number of nitrogens with zero attached hydrogens (tertiary/aromatic N) is 3. The first kappa shape index (κ1) is 23.5. The minimum Gasteiger partial charge on any atom is -0.490 e. The van der Waals surface area contributed by atoms with Crippen molar-refractivity contribution in [2.75, 3.05) is 13.6 Å². The van der Waals surface area contributed by atoms with Crippen LogP contribution in [0.15, 0.2) is 35.6 Å².